The predicted octanol–water partition coefficient (Wildman–Crippen LogP) is 7.04. The Morgan fingerprint density at radius 3 is 2.11 bits per heavy atom. The highest BCUT2D eigenvalue weighted by atomic mass is 79.9. The number of hydrogen-bond donors (Lipinski definition) is 0. The van der Waals surface area contributed by atoms with E-state index in [4.69, 9.17) is 4.74 Å². The average Bonchev–Trinajstić information content (AvgIpc) is 2.35. The molecule has 1 aromatic carbocycles. The summed E-state index contributed by atoms with van der Waals surface area (Å²) in [5.74, 6) is 1.41. The summed E-state index contributed by atoms with van der Waals surface area (Å²) in [7, 11) is 0. The number of benzene rings is 1. The van der Waals surface area contributed by atoms with Crippen LogP contribution in [-0.4, -0.2) is 4.51 Å². The van der Waals surface area contributed by atoms with Gasteiger partial charge in [-0.3, -0.25) is 0 Å². The molecule has 1 aromatic rings. The van der Waals surface area contributed by atoms with Crippen molar-refractivity contribution in [1.82, 2.24) is 0 Å². The minimum atomic E-state index is -0.313. The summed E-state index contributed by atoms with van der Waals surface area (Å²) in [5.41, 5.74) is 0. The van der Waals surface area contributed by atoms with Crippen LogP contribution in [0.4, 0.5) is 0 Å². The van der Waals surface area contributed by atoms with Gasteiger partial charge in [0, 0.05) is 10.4 Å². The molecule has 1 fully saturated rings. The number of hydrogen-bond acceptors (Lipinski definition) is 1. The summed E-state index contributed by atoms with van der Waals surface area (Å²) in [6.45, 7) is 2.13. The van der Waals surface area contributed by atoms with E-state index in [9.17, 15) is 0 Å². The summed E-state index contributed by atoms with van der Waals surface area (Å²) in [6.07, 6.45) is 6.42. The lowest BCUT2D eigenvalue weighted by Gasteiger charge is -2.36. The molecule has 19 heavy (non-hydrogen) atoms. The van der Waals surface area contributed by atoms with Gasteiger partial charge in [-0.1, -0.05) is 35.2 Å². The van der Waals surface area contributed by atoms with Gasteiger partial charge in [0.25, 0.3) is 0 Å². The van der Waals surface area contributed by atoms with Gasteiger partial charge in [0.1, 0.15) is 5.75 Å². The average molecular weight is 520 g/mol. The Bertz CT molecular complexity index is 430. The van der Waals surface area contributed by atoms with Gasteiger partial charge in [-0.05, 0) is 79.7 Å². The largest absolute Gasteiger partial charge is 0.474 e. The fourth-order valence-electron chi connectivity index (χ4n) is 2.53. The highest BCUT2D eigenvalue weighted by Gasteiger charge is 2.35. The third-order valence-corrected chi connectivity index (χ3v) is 6.04. The second-order valence-electron chi connectivity index (χ2n) is 5.12. The van der Waals surface area contributed by atoms with Crippen molar-refractivity contribution in [2.45, 2.75) is 43.5 Å². The van der Waals surface area contributed by atoms with E-state index in [0.717, 1.165) is 19.2 Å². The van der Waals surface area contributed by atoms with E-state index < -0.39 is 0 Å². The molecule has 0 bridgehead atoms. The quantitative estimate of drug-likeness (QED) is 0.389. The fourth-order valence-corrected chi connectivity index (χ4v) is 5.57. The van der Waals surface area contributed by atoms with E-state index >= 15 is 0 Å². The van der Waals surface area contributed by atoms with Crippen molar-refractivity contribution in [1.29, 1.82) is 0 Å². The van der Waals surface area contributed by atoms with E-state index in [0.29, 0.717) is 5.92 Å². The molecular formula is C14H16Br4O. The SMILES string of the molecule is CC(Br)(Oc1c(Br)cc(Br)cc1Br)C1CCCCC1. The summed E-state index contributed by atoms with van der Waals surface area (Å²) in [5, 5.41) is 0. The normalized spacial score (nSPS) is 20.1. The summed E-state index contributed by atoms with van der Waals surface area (Å²) >= 11 is 14.4. The Morgan fingerprint density at radius 1 is 1.05 bits per heavy atom. The van der Waals surface area contributed by atoms with Crippen molar-refractivity contribution >= 4 is 63.7 Å². The van der Waals surface area contributed by atoms with Crippen molar-refractivity contribution < 1.29 is 4.74 Å². The maximum Gasteiger partial charge on any atom is 0.163 e. The monoisotopic (exact) mass is 516 g/mol. The third kappa shape index (κ3) is 4.21. The molecule has 1 nitrogen and oxygen atoms in total. The van der Waals surface area contributed by atoms with Crippen LogP contribution in [0.1, 0.15) is 39.0 Å². The van der Waals surface area contributed by atoms with Gasteiger partial charge in [-0.2, -0.15) is 0 Å². The van der Waals surface area contributed by atoms with Crippen molar-refractivity contribution in [3.63, 3.8) is 0 Å². The van der Waals surface area contributed by atoms with Gasteiger partial charge in [0.15, 0.2) is 4.51 Å². The van der Waals surface area contributed by atoms with Crippen LogP contribution in [-0.2, 0) is 0 Å². The predicted molar refractivity (Wildman–Crippen MR) is 94.1 cm³/mol. The summed E-state index contributed by atoms with van der Waals surface area (Å²) in [4.78, 5) is 0. The zero-order chi connectivity index (χ0) is 14.0. The Balaban J connectivity index is 2.19. The van der Waals surface area contributed by atoms with E-state index in [-0.39, 0.29) is 4.51 Å². The van der Waals surface area contributed by atoms with Crippen molar-refractivity contribution in [2.24, 2.45) is 5.92 Å². The first kappa shape index (κ1) is 16.3. The molecule has 1 atom stereocenters. The number of ether oxygens (including phenoxy) is 1. The summed E-state index contributed by atoms with van der Waals surface area (Å²) in [6, 6.07) is 4.01. The molecule has 0 N–H and O–H groups in total. The van der Waals surface area contributed by atoms with E-state index in [1.165, 1.54) is 32.1 Å². The molecule has 1 saturated carbocycles. The minimum Gasteiger partial charge on any atom is -0.474 e. The Hall–Kier alpha value is 0.940. The first-order chi connectivity index (χ1) is 8.90. The molecule has 0 aliphatic heterocycles. The van der Waals surface area contributed by atoms with Crippen LogP contribution < -0.4 is 4.74 Å². The van der Waals surface area contributed by atoms with Gasteiger partial charge in [0.05, 0.1) is 8.95 Å². The fraction of sp³-hybridized carbons (Fsp3) is 0.571. The van der Waals surface area contributed by atoms with Crippen LogP contribution in [0.15, 0.2) is 25.6 Å². The first-order valence-corrected chi connectivity index (χ1v) is 9.60. The molecule has 0 heterocycles. The Morgan fingerprint density at radius 2 is 1.58 bits per heavy atom. The van der Waals surface area contributed by atoms with Crippen LogP contribution in [0, 0.1) is 5.92 Å². The topological polar surface area (TPSA) is 9.23 Å². The maximum absolute atomic E-state index is 6.26. The van der Waals surface area contributed by atoms with E-state index in [1.807, 2.05) is 12.1 Å². The Kier molecular flexibility index (Phi) is 5.84. The maximum atomic E-state index is 6.26. The van der Waals surface area contributed by atoms with Crippen molar-refractivity contribution in [3.8, 4) is 5.75 Å². The molecule has 0 aromatic heterocycles. The standard InChI is InChI=1S/C14H16Br4O/c1-14(18,9-5-3-2-4-6-9)19-13-11(16)7-10(15)8-12(13)17/h7-9H,2-6H2,1H3. The molecule has 0 spiro atoms. The van der Waals surface area contributed by atoms with E-state index in [2.05, 4.69) is 70.6 Å². The zero-order valence-corrected chi connectivity index (χ0v) is 17.0. The van der Waals surface area contributed by atoms with Gasteiger partial charge in [-0.25, -0.2) is 0 Å². The molecule has 0 amide bonds. The van der Waals surface area contributed by atoms with Crippen LogP contribution >= 0.6 is 63.7 Å². The zero-order valence-electron chi connectivity index (χ0n) is 10.7. The molecule has 0 radical (unpaired) electrons. The molecule has 0 saturated heterocycles. The third-order valence-electron chi connectivity index (χ3n) is 3.60. The van der Waals surface area contributed by atoms with Crippen LogP contribution in [0.25, 0.3) is 0 Å². The highest BCUT2D eigenvalue weighted by molar-refractivity contribution is 9.11. The Labute approximate surface area is 148 Å². The van der Waals surface area contributed by atoms with Crippen molar-refractivity contribution in [2.75, 3.05) is 0 Å². The smallest absolute Gasteiger partial charge is 0.163 e. The van der Waals surface area contributed by atoms with E-state index in [1.54, 1.807) is 0 Å². The molecule has 5 heteroatoms. The summed E-state index contributed by atoms with van der Waals surface area (Å²) < 4.78 is 8.88. The molecule has 1 aliphatic rings. The lowest BCUT2D eigenvalue weighted by Crippen LogP contribution is -2.35. The lowest BCUT2D eigenvalue weighted by molar-refractivity contribution is 0.0965. The highest BCUT2D eigenvalue weighted by Crippen LogP contribution is 2.44. The number of halogens is 4. The molecule has 2 rings (SSSR count). The molecule has 106 valence electrons. The second kappa shape index (κ2) is 6.80. The molecule has 1 aliphatic carbocycles. The lowest BCUT2D eigenvalue weighted by atomic mass is 9.86. The number of rotatable bonds is 3. The van der Waals surface area contributed by atoms with Gasteiger partial charge in [0.2, 0.25) is 0 Å². The first-order valence-electron chi connectivity index (χ1n) is 6.42. The van der Waals surface area contributed by atoms with Gasteiger partial charge >= 0.3 is 0 Å². The second-order valence-corrected chi connectivity index (χ2v) is 9.32. The number of alkyl halides is 1. The molecule has 1 unspecified atom stereocenters. The minimum absolute atomic E-state index is 0.313. The van der Waals surface area contributed by atoms with Crippen LogP contribution in [0.2, 0.25) is 0 Å². The van der Waals surface area contributed by atoms with Gasteiger partial charge in [-0.15, -0.1) is 0 Å². The van der Waals surface area contributed by atoms with Crippen molar-refractivity contribution in [3.05, 3.63) is 25.6 Å². The van der Waals surface area contributed by atoms with Crippen LogP contribution in [0.5, 0.6) is 5.75 Å². The molecular weight excluding hydrogens is 504 g/mol. The van der Waals surface area contributed by atoms with Gasteiger partial charge < -0.3 is 4.74 Å². The van der Waals surface area contributed by atoms with Crippen LogP contribution in [0.3, 0.4) is 0 Å².